The number of piperidine rings is 1. The zero-order valence-corrected chi connectivity index (χ0v) is 21.5. The molecule has 0 spiro atoms. The molecule has 4 aromatic rings. The van der Waals surface area contributed by atoms with E-state index in [1.54, 1.807) is 24.4 Å². The summed E-state index contributed by atoms with van der Waals surface area (Å²) in [5, 5.41) is 14.3. The Morgan fingerprint density at radius 2 is 2.05 bits per heavy atom. The maximum atomic E-state index is 13.9. The summed E-state index contributed by atoms with van der Waals surface area (Å²) in [5.41, 5.74) is 2.09. The quantitative estimate of drug-likeness (QED) is 0.347. The van der Waals surface area contributed by atoms with Crippen LogP contribution in [0.4, 0.5) is 10.1 Å². The minimum absolute atomic E-state index is 0.232. The highest BCUT2D eigenvalue weighted by Gasteiger charge is 2.39. The summed E-state index contributed by atoms with van der Waals surface area (Å²) < 4.78 is 19.5. The maximum Gasteiger partial charge on any atom is 0.251 e. The van der Waals surface area contributed by atoms with Gasteiger partial charge in [-0.05, 0) is 62.4 Å². The number of fused-ring (bicyclic) bond motifs is 1. The number of carbonyl (C=O) groups excluding carboxylic acids is 1. The number of rotatable bonds is 6. The number of aromatic nitrogens is 5. The molecule has 2 aliphatic rings. The predicted octanol–water partition coefficient (Wildman–Crippen LogP) is 3.69. The third-order valence-electron chi connectivity index (χ3n) is 7.42. The van der Waals surface area contributed by atoms with Gasteiger partial charge >= 0.3 is 0 Å². The van der Waals surface area contributed by atoms with Crippen molar-refractivity contribution in [2.24, 2.45) is 0 Å². The zero-order chi connectivity index (χ0) is 26.8. The number of benzene rings is 2. The van der Waals surface area contributed by atoms with E-state index in [-0.39, 0.29) is 17.8 Å². The fourth-order valence-electron chi connectivity index (χ4n) is 5.21. The van der Waals surface area contributed by atoms with Gasteiger partial charge in [-0.3, -0.25) is 9.89 Å². The molecular formula is C28H29FN8O2. The Kier molecular flexibility index (Phi) is 6.65. The molecule has 0 radical (unpaired) electrons. The van der Waals surface area contributed by atoms with Crippen LogP contribution in [-0.4, -0.2) is 62.7 Å². The van der Waals surface area contributed by atoms with E-state index in [2.05, 4.69) is 42.7 Å². The van der Waals surface area contributed by atoms with Crippen LogP contribution in [0.15, 0.2) is 61.1 Å². The van der Waals surface area contributed by atoms with Crippen molar-refractivity contribution in [2.45, 2.75) is 30.8 Å². The normalized spacial score (nSPS) is 18.6. The SMILES string of the molecule is CN1CCC(Nc2cccc(C(=O)N[C@H]3CCOc4ccc(F)cc43)c2)(c2nc(-c3ccncn3)n[nH]2)CC1. The smallest absolute Gasteiger partial charge is 0.251 e. The fourth-order valence-corrected chi connectivity index (χ4v) is 5.21. The molecule has 4 heterocycles. The molecule has 2 aromatic heterocycles. The molecule has 1 atom stereocenters. The second-order valence-electron chi connectivity index (χ2n) is 10.0. The van der Waals surface area contributed by atoms with Crippen molar-refractivity contribution in [1.29, 1.82) is 0 Å². The average Bonchev–Trinajstić information content (AvgIpc) is 3.47. The van der Waals surface area contributed by atoms with Crippen molar-refractivity contribution in [3.05, 3.63) is 83.8 Å². The van der Waals surface area contributed by atoms with Crippen LogP contribution in [0, 0.1) is 5.82 Å². The van der Waals surface area contributed by atoms with Crippen LogP contribution in [0.25, 0.3) is 11.5 Å². The number of hydrogen-bond donors (Lipinski definition) is 3. The number of H-pyrrole nitrogens is 1. The van der Waals surface area contributed by atoms with E-state index in [1.807, 2.05) is 18.2 Å². The largest absolute Gasteiger partial charge is 0.493 e. The summed E-state index contributed by atoms with van der Waals surface area (Å²) in [4.78, 5) is 28.6. The van der Waals surface area contributed by atoms with Gasteiger partial charge in [-0.25, -0.2) is 19.3 Å². The van der Waals surface area contributed by atoms with Gasteiger partial charge in [0.25, 0.3) is 5.91 Å². The minimum atomic E-state index is -0.503. The molecule has 0 unspecified atom stereocenters. The number of halogens is 1. The molecule has 0 bridgehead atoms. The molecule has 0 aliphatic carbocycles. The first-order valence-corrected chi connectivity index (χ1v) is 13.0. The van der Waals surface area contributed by atoms with E-state index in [9.17, 15) is 9.18 Å². The second-order valence-corrected chi connectivity index (χ2v) is 10.0. The molecule has 0 saturated carbocycles. The molecule has 2 aromatic carbocycles. The Hall–Kier alpha value is -4.38. The van der Waals surface area contributed by atoms with Crippen molar-refractivity contribution in [3.63, 3.8) is 0 Å². The number of ether oxygens (including phenoxy) is 1. The molecule has 6 rings (SSSR count). The highest BCUT2D eigenvalue weighted by atomic mass is 19.1. The summed E-state index contributed by atoms with van der Waals surface area (Å²) in [6.07, 6.45) is 5.29. The number of aromatic amines is 1. The van der Waals surface area contributed by atoms with E-state index in [1.165, 1.54) is 18.5 Å². The van der Waals surface area contributed by atoms with Crippen molar-refractivity contribution in [1.82, 2.24) is 35.4 Å². The lowest BCUT2D eigenvalue weighted by molar-refractivity contribution is 0.0924. The summed E-state index contributed by atoms with van der Waals surface area (Å²) in [6.45, 7) is 2.20. The first-order valence-electron chi connectivity index (χ1n) is 13.0. The molecule has 1 fully saturated rings. The Balaban J connectivity index is 1.24. The number of nitrogens with one attached hydrogen (secondary N) is 3. The Morgan fingerprint density at radius 3 is 2.87 bits per heavy atom. The molecular weight excluding hydrogens is 499 g/mol. The monoisotopic (exact) mass is 528 g/mol. The molecule has 39 heavy (non-hydrogen) atoms. The van der Waals surface area contributed by atoms with Crippen LogP contribution in [0.5, 0.6) is 5.75 Å². The average molecular weight is 529 g/mol. The Labute approximate surface area is 225 Å². The van der Waals surface area contributed by atoms with Crippen LogP contribution in [-0.2, 0) is 5.54 Å². The van der Waals surface area contributed by atoms with Gasteiger partial charge < -0.3 is 20.3 Å². The molecule has 10 nitrogen and oxygen atoms in total. The number of nitrogens with zero attached hydrogens (tertiary/aromatic N) is 5. The summed E-state index contributed by atoms with van der Waals surface area (Å²) in [6, 6.07) is 13.2. The van der Waals surface area contributed by atoms with Crippen LogP contribution >= 0.6 is 0 Å². The first kappa shape index (κ1) is 24.9. The molecule has 200 valence electrons. The van der Waals surface area contributed by atoms with Crippen molar-refractivity contribution in [3.8, 4) is 17.3 Å². The number of carbonyl (C=O) groups is 1. The van der Waals surface area contributed by atoms with Crippen LogP contribution < -0.4 is 15.4 Å². The van der Waals surface area contributed by atoms with Gasteiger partial charge in [0.15, 0.2) is 11.6 Å². The lowest BCUT2D eigenvalue weighted by Crippen LogP contribution is -2.46. The number of amides is 1. The minimum Gasteiger partial charge on any atom is -0.493 e. The third kappa shape index (κ3) is 5.17. The van der Waals surface area contributed by atoms with E-state index in [0.29, 0.717) is 41.4 Å². The van der Waals surface area contributed by atoms with Crippen LogP contribution in [0.3, 0.4) is 0 Å². The maximum absolute atomic E-state index is 13.9. The Bertz CT molecular complexity index is 1470. The summed E-state index contributed by atoms with van der Waals surface area (Å²) in [7, 11) is 2.10. The molecule has 11 heteroatoms. The standard InChI is InChI=1S/C28H29FN8O2/c1-37-12-9-28(10-13-37,27-33-25(35-36-27)23-7-11-30-17-31-23)34-20-4-2-3-18(15-20)26(38)32-22-8-14-39-24-6-5-19(29)16-21(22)24/h2-7,11,15-17,22,34H,8-10,12-14H2,1H3,(H,32,38)(H,33,35,36)/t22-/m0/s1. The van der Waals surface area contributed by atoms with Gasteiger partial charge in [0.1, 0.15) is 23.6 Å². The highest BCUT2D eigenvalue weighted by Crippen LogP contribution is 2.36. The van der Waals surface area contributed by atoms with Gasteiger partial charge in [-0.2, -0.15) is 5.10 Å². The van der Waals surface area contributed by atoms with Gasteiger partial charge in [0.2, 0.25) is 0 Å². The fraction of sp³-hybridized carbons (Fsp3) is 0.321. The summed E-state index contributed by atoms with van der Waals surface area (Å²) in [5.74, 6) is 1.24. The zero-order valence-electron chi connectivity index (χ0n) is 21.5. The van der Waals surface area contributed by atoms with Gasteiger partial charge in [0.05, 0.1) is 18.2 Å². The number of anilines is 1. The molecule has 3 N–H and O–H groups in total. The molecule has 1 saturated heterocycles. The van der Waals surface area contributed by atoms with Gasteiger partial charge in [0, 0.05) is 42.5 Å². The van der Waals surface area contributed by atoms with E-state index in [0.717, 1.165) is 37.4 Å². The van der Waals surface area contributed by atoms with Crippen molar-refractivity contribution < 1.29 is 13.9 Å². The third-order valence-corrected chi connectivity index (χ3v) is 7.42. The lowest BCUT2D eigenvalue weighted by Gasteiger charge is -2.40. The molecule has 2 aliphatic heterocycles. The first-order chi connectivity index (χ1) is 19.0. The van der Waals surface area contributed by atoms with Gasteiger partial charge in [-0.1, -0.05) is 6.07 Å². The summed E-state index contributed by atoms with van der Waals surface area (Å²) >= 11 is 0. The van der Waals surface area contributed by atoms with E-state index >= 15 is 0 Å². The van der Waals surface area contributed by atoms with Crippen LogP contribution in [0.1, 0.15) is 47.1 Å². The topological polar surface area (TPSA) is 121 Å². The predicted molar refractivity (Wildman–Crippen MR) is 143 cm³/mol. The van der Waals surface area contributed by atoms with Crippen LogP contribution in [0.2, 0.25) is 0 Å². The highest BCUT2D eigenvalue weighted by molar-refractivity contribution is 5.95. The number of likely N-dealkylation sites (tertiary alicyclic amines) is 1. The number of hydrogen-bond acceptors (Lipinski definition) is 8. The second kappa shape index (κ2) is 10.4. The van der Waals surface area contributed by atoms with Crippen molar-refractivity contribution in [2.75, 3.05) is 32.1 Å². The van der Waals surface area contributed by atoms with E-state index in [4.69, 9.17) is 9.72 Å². The molecule has 1 amide bonds. The Morgan fingerprint density at radius 1 is 1.18 bits per heavy atom. The van der Waals surface area contributed by atoms with E-state index < -0.39 is 5.54 Å². The van der Waals surface area contributed by atoms with Gasteiger partial charge in [-0.15, -0.1) is 0 Å². The lowest BCUT2D eigenvalue weighted by atomic mass is 9.86. The van der Waals surface area contributed by atoms with Crippen molar-refractivity contribution >= 4 is 11.6 Å².